The number of fused-ring (bicyclic) bond motifs is 2. The number of para-hydroxylation sites is 1. The lowest BCUT2D eigenvalue weighted by atomic mass is 9.89. The van der Waals surface area contributed by atoms with Gasteiger partial charge in [-0.25, -0.2) is 4.98 Å². The van der Waals surface area contributed by atoms with Crippen molar-refractivity contribution in [2.75, 3.05) is 6.54 Å². The molecule has 0 bridgehead atoms. The lowest BCUT2D eigenvalue weighted by Crippen LogP contribution is -2.36. The molecule has 0 spiro atoms. The zero-order valence-corrected chi connectivity index (χ0v) is 13.9. The van der Waals surface area contributed by atoms with E-state index in [1.54, 1.807) is 6.33 Å². The van der Waals surface area contributed by atoms with Crippen LogP contribution in [0.4, 0.5) is 0 Å². The smallest absolute Gasteiger partial charge is 0.223 e. The summed E-state index contributed by atoms with van der Waals surface area (Å²) in [4.78, 5) is 19.9. The minimum Gasteiger partial charge on any atom is -0.354 e. The Hall–Kier alpha value is -2.56. The first-order valence-electron chi connectivity index (χ1n) is 8.56. The number of aryl methyl sites for hydroxylation is 2. The van der Waals surface area contributed by atoms with Crippen molar-refractivity contribution in [3.63, 3.8) is 0 Å². The summed E-state index contributed by atoms with van der Waals surface area (Å²) >= 11 is 0. The normalized spacial score (nSPS) is 17.0. The maximum absolute atomic E-state index is 12.5. The largest absolute Gasteiger partial charge is 0.354 e. The maximum Gasteiger partial charge on any atom is 0.223 e. The number of hydrogen-bond acceptors (Lipinski definition) is 2. The van der Waals surface area contributed by atoms with E-state index in [0.717, 1.165) is 37.2 Å². The Morgan fingerprint density at radius 1 is 1.42 bits per heavy atom. The van der Waals surface area contributed by atoms with Crippen molar-refractivity contribution in [2.24, 2.45) is 5.92 Å². The SMILES string of the molecule is Cc1cc2ccccc2n1CCNC(=O)[C@H]1CCc2nc[nH]c2C1. The summed E-state index contributed by atoms with van der Waals surface area (Å²) in [6.07, 6.45) is 4.27. The average Bonchev–Trinajstić information content (AvgIpc) is 3.18. The topological polar surface area (TPSA) is 62.7 Å². The van der Waals surface area contributed by atoms with Crippen LogP contribution in [0.25, 0.3) is 10.9 Å². The van der Waals surface area contributed by atoms with E-state index in [1.165, 1.54) is 16.6 Å². The van der Waals surface area contributed by atoms with E-state index in [1.807, 2.05) is 0 Å². The molecular formula is C19H22N4O. The second-order valence-corrected chi connectivity index (χ2v) is 6.55. The monoisotopic (exact) mass is 322 g/mol. The van der Waals surface area contributed by atoms with Gasteiger partial charge in [0.15, 0.2) is 0 Å². The van der Waals surface area contributed by atoms with Crippen LogP contribution in [0.5, 0.6) is 0 Å². The van der Waals surface area contributed by atoms with Gasteiger partial charge in [0.25, 0.3) is 0 Å². The van der Waals surface area contributed by atoms with Crippen molar-refractivity contribution < 1.29 is 4.79 Å². The minimum atomic E-state index is 0.0560. The third-order valence-corrected chi connectivity index (χ3v) is 5.01. The third-order valence-electron chi connectivity index (χ3n) is 5.01. The van der Waals surface area contributed by atoms with Gasteiger partial charge in [0.1, 0.15) is 0 Å². The first kappa shape index (κ1) is 15.0. The van der Waals surface area contributed by atoms with Crippen molar-refractivity contribution >= 4 is 16.8 Å². The molecule has 5 nitrogen and oxygen atoms in total. The molecule has 0 saturated heterocycles. The number of aromatic amines is 1. The van der Waals surface area contributed by atoms with Gasteiger partial charge in [-0.15, -0.1) is 0 Å². The highest BCUT2D eigenvalue weighted by Gasteiger charge is 2.25. The third kappa shape index (κ3) is 2.70. The maximum atomic E-state index is 12.5. The quantitative estimate of drug-likeness (QED) is 0.775. The van der Waals surface area contributed by atoms with Crippen LogP contribution in [0, 0.1) is 12.8 Å². The lowest BCUT2D eigenvalue weighted by Gasteiger charge is -2.21. The minimum absolute atomic E-state index is 0.0560. The van der Waals surface area contributed by atoms with Crippen molar-refractivity contribution in [3.05, 3.63) is 53.7 Å². The van der Waals surface area contributed by atoms with Gasteiger partial charge in [0.2, 0.25) is 5.91 Å². The summed E-state index contributed by atoms with van der Waals surface area (Å²) in [6, 6.07) is 10.6. The van der Waals surface area contributed by atoms with Gasteiger partial charge in [0, 0.05) is 42.3 Å². The van der Waals surface area contributed by atoms with Crippen molar-refractivity contribution in [3.8, 4) is 0 Å². The zero-order valence-electron chi connectivity index (χ0n) is 13.9. The lowest BCUT2D eigenvalue weighted by molar-refractivity contribution is -0.125. The number of imidazole rings is 1. The number of rotatable bonds is 4. The van der Waals surface area contributed by atoms with E-state index in [-0.39, 0.29) is 11.8 Å². The molecule has 2 heterocycles. The molecule has 0 fully saturated rings. The fraction of sp³-hybridized carbons (Fsp3) is 0.368. The first-order chi connectivity index (χ1) is 11.7. The van der Waals surface area contributed by atoms with E-state index in [9.17, 15) is 4.79 Å². The van der Waals surface area contributed by atoms with Gasteiger partial charge in [-0.2, -0.15) is 0 Å². The Kier molecular flexibility index (Phi) is 3.84. The molecule has 1 atom stereocenters. The average molecular weight is 322 g/mol. The van der Waals surface area contributed by atoms with Gasteiger partial charge in [0.05, 0.1) is 12.0 Å². The number of benzene rings is 1. The van der Waals surface area contributed by atoms with Crippen LogP contribution >= 0.6 is 0 Å². The zero-order chi connectivity index (χ0) is 16.5. The summed E-state index contributed by atoms with van der Waals surface area (Å²) < 4.78 is 2.27. The molecular weight excluding hydrogens is 300 g/mol. The molecule has 4 rings (SSSR count). The highest BCUT2D eigenvalue weighted by molar-refractivity contribution is 5.81. The van der Waals surface area contributed by atoms with Crippen LogP contribution in [0.3, 0.4) is 0 Å². The highest BCUT2D eigenvalue weighted by Crippen LogP contribution is 2.23. The molecule has 0 radical (unpaired) electrons. The molecule has 3 aromatic rings. The molecule has 5 heteroatoms. The molecule has 1 aromatic carbocycles. The summed E-state index contributed by atoms with van der Waals surface area (Å²) in [5, 5.41) is 4.36. The number of H-pyrrole nitrogens is 1. The van der Waals surface area contributed by atoms with Gasteiger partial charge in [-0.3, -0.25) is 4.79 Å². The Morgan fingerprint density at radius 3 is 3.21 bits per heavy atom. The molecule has 2 N–H and O–H groups in total. The molecule has 2 aromatic heterocycles. The summed E-state index contributed by atoms with van der Waals surface area (Å²) in [6.45, 7) is 3.57. The second kappa shape index (κ2) is 6.15. The first-order valence-corrected chi connectivity index (χ1v) is 8.56. The number of amides is 1. The Bertz CT molecular complexity index is 877. The van der Waals surface area contributed by atoms with Crippen LogP contribution < -0.4 is 5.32 Å². The van der Waals surface area contributed by atoms with Crippen LogP contribution in [0.15, 0.2) is 36.7 Å². The van der Waals surface area contributed by atoms with Gasteiger partial charge < -0.3 is 14.9 Å². The number of nitrogens with zero attached hydrogens (tertiary/aromatic N) is 2. The summed E-state index contributed by atoms with van der Waals surface area (Å²) in [7, 11) is 0. The number of aromatic nitrogens is 3. The second-order valence-electron chi connectivity index (χ2n) is 6.55. The number of carbonyl (C=O) groups is 1. The van der Waals surface area contributed by atoms with E-state index in [0.29, 0.717) is 6.54 Å². The predicted molar refractivity (Wildman–Crippen MR) is 93.8 cm³/mol. The molecule has 1 aliphatic rings. The Labute approximate surface area is 141 Å². The highest BCUT2D eigenvalue weighted by atomic mass is 16.1. The Balaban J connectivity index is 1.37. The molecule has 0 aliphatic heterocycles. The van der Waals surface area contributed by atoms with Gasteiger partial charge in [-0.1, -0.05) is 18.2 Å². The standard InChI is InChI=1S/C19H22N4O/c1-13-10-14-4-2-3-5-18(14)23(13)9-8-20-19(24)15-6-7-16-17(11-15)22-12-21-16/h2-5,10,12,15H,6-9,11H2,1H3,(H,20,24)(H,21,22)/t15-/m0/s1. The molecule has 1 amide bonds. The molecule has 0 unspecified atom stereocenters. The van der Waals surface area contributed by atoms with Crippen molar-refractivity contribution in [1.82, 2.24) is 19.9 Å². The van der Waals surface area contributed by atoms with E-state index < -0.39 is 0 Å². The summed E-state index contributed by atoms with van der Waals surface area (Å²) in [5.74, 6) is 0.213. The predicted octanol–water partition coefficient (Wildman–Crippen LogP) is 2.59. The molecule has 124 valence electrons. The van der Waals surface area contributed by atoms with Crippen LogP contribution in [0.1, 0.15) is 23.5 Å². The van der Waals surface area contributed by atoms with E-state index in [4.69, 9.17) is 0 Å². The molecule has 0 saturated carbocycles. The Morgan fingerprint density at radius 2 is 2.29 bits per heavy atom. The van der Waals surface area contributed by atoms with E-state index in [2.05, 4.69) is 57.1 Å². The van der Waals surface area contributed by atoms with Crippen molar-refractivity contribution in [2.45, 2.75) is 32.7 Å². The number of nitrogens with one attached hydrogen (secondary N) is 2. The number of carbonyl (C=O) groups excluding carboxylic acids is 1. The van der Waals surface area contributed by atoms with Crippen LogP contribution in [0.2, 0.25) is 0 Å². The number of hydrogen-bond donors (Lipinski definition) is 2. The summed E-state index contributed by atoms with van der Waals surface area (Å²) in [5.41, 5.74) is 4.69. The molecule has 1 aliphatic carbocycles. The van der Waals surface area contributed by atoms with Crippen LogP contribution in [-0.4, -0.2) is 27.0 Å². The van der Waals surface area contributed by atoms with Crippen molar-refractivity contribution in [1.29, 1.82) is 0 Å². The van der Waals surface area contributed by atoms with Crippen LogP contribution in [-0.2, 0) is 24.2 Å². The van der Waals surface area contributed by atoms with E-state index >= 15 is 0 Å². The van der Waals surface area contributed by atoms with Gasteiger partial charge >= 0.3 is 0 Å². The fourth-order valence-corrected chi connectivity index (χ4v) is 3.71. The fourth-order valence-electron chi connectivity index (χ4n) is 3.71. The molecule has 24 heavy (non-hydrogen) atoms. The van der Waals surface area contributed by atoms with Gasteiger partial charge in [-0.05, 0) is 37.3 Å².